The van der Waals surface area contributed by atoms with E-state index in [1.807, 2.05) is 31.2 Å². The molecule has 9 nitrogen and oxygen atoms in total. The minimum Gasteiger partial charge on any atom is -0.379 e. The van der Waals surface area contributed by atoms with Crippen LogP contribution in [0.3, 0.4) is 0 Å². The first-order chi connectivity index (χ1) is 16.4. The van der Waals surface area contributed by atoms with E-state index in [1.165, 1.54) is 0 Å². The van der Waals surface area contributed by atoms with Crippen molar-refractivity contribution < 1.29 is 9.53 Å². The SMILES string of the molecule is Cc1cccc(Cn2c(=O)c(C(=O)NCCN3CCOCC3)nn(-c3ccc(Cl)cc3)c2=O)c1. The predicted molar refractivity (Wildman–Crippen MR) is 129 cm³/mol. The van der Waals surface area contributed by atoms with Crippen LogP contribution in [-0.4, -0.2) is 64.5 Å². The van der Waals surface area contributed by atoms with Gasteiger partial charge in [0, 0.05) is 31.2 Å². The van der Waals surface area contributed by atoms with Crippen LogP contribution in [0.5, 0.6) is 0 Å². The summed E-state index contributed by atoms with van der Waals surface area (Å²) in [4.78, 5) is 41.6. The third-order valence-corrected chi connectivity index (χ3v) is 5.84. The summed E-state index contributed by atoms with van der Waals surface area (Å²) in [5, 5.41) is 7.39. The summed E-state index contributed by atoms with van der Waals surface area (Å²) in [7, 11) is 0. The molecule has 3 aromatic rings. The molecule has 1 N–H and O–H groups in total. The molecule has 2 heterocycles. The average molecular weight is 484 g/mol. The van der Waals surface area contributed by atoms with Gasteiger partial charge in [-0.25, -0.2) is 4.79 Å². The van der Waals surface area contributed by atoms with Gasteiger partial charge in [0.15, 0.2) is 0 Å². The Kier molecular flexibility index (Phi) is 7.56. The lowest BCUT2D eigenvalue weighted by Gasteiger charge is -2.26. The number of rotatable bonds is 7. The smallest absolute Gasteiger partial charge is 0.352 e. The molecule has 10 heteroatoms. The second-order valence-electron chi connectivity index (χ2n) is 8.11. The maximum Gasteiger partial charge on any atom is 0.352 e. The molecule has 0 aliphatic carbocycles. The lowest BCUT2D eigenvalue weighted by Crippen LogP contribution is -2.47. The van der Waals surface area contributed by atoms with Gasteiger partial charge in [-0.3, -0.25) is 19.1 Å². The molecule has 0 spiro atoms. The third-order valence-electron chi connectivity index (χ3n) is 5.59. The number of benzene rings is 2. The summed E-state index contributed by atoms with van der Waals surface area (Å²) in [6.07, 6.45) is 0. The van der Waals surface area contributed by atoms with Crippen LogP contribution in [0, 0.1) is 6.92 Å². The van der Waals surface area contributed by atoms with Crippen LogP contribution in [0.4, 0.5) is 0 Å². The van der Waals surface area contributed by atoms with Gasteiger partial charge in [0.1, 0.15) is 0 Å². The molecule has 1 amide bonds. The monoisotopic (exact) mass is 483 g/mol. The Morgan fingerprint density at radius 1 is 1.12 bits per heavy atom. The fourth-order valence-electron chi connectivity index (χ4n) is 3.78. The topological polar surface area (TPSA) is 98.5 Å². The van der Waals surface area contributed by atoms with E-state index in [4.69, 9.17) is 16.3 Å². The van der Waals surface area contributed by atoms with Crippen LogP contribution >= 0.6 is 11.6 Å². The average Bonchev–Trinajstić information content (AvgIpc) is 2.83. The molecule has 0 bridgehead atoms. The molecule has 0 saturated carbocycles. The standard InChI is InChI=1S/C24H26ClN5O4/c1-17-3-2-4-18(15-17)16-29-23(32)21(22(31)26-9-10-28-11-13-34-14-12-28)27-30(24(29)33)20-7-5-19(25)6-8-20/h2-8,15H,9-14,16H2,1H3,(H,26,31). The van der Waals surface area contributed by atoms with Gasteiger partial charge in [0.25, 0.3) is 11.5 Å². The number of amides is 1. The number of hydrogen-bond acceptors (Lipinski definition) is 6. The Morgan fingerprint density at radius 3 is 2.56 bits per heavy atom. The number of morpholine rings is 1. The molecule has 34 heavy (non-hydrogen) atoms. The largest absolute Gasteiger partial charge is 0.379 e. The Labute approximate surface area is 201 Å². The van der Waals surface area contributed by atoms with Gasteiger partial charge in [-0.15, -0.1) is 0 Å². The van der Waals surface area contributed by atoms with Crippen molar-refractivity contribution in [3.05, 3.63) is 91.2 Å². The highest BCUT2D eigenvalue weighted by atomic mass is 35.5. The van der Waals surface area contributed by atoms with E-state index in [1.54, 1.807) is 24.3 Å². The summed E-state index contributed by atoms with van der Waals surface area (Å²) in [6.45, 7) is 5.82. The number of nitrogens with zero attached hydrogens (tertiary/aromatic N) is 4. The van der Waals surface area contributed by atoms with E-state index >= 15 is 0 Å². The Hall–Kier alpha value is -3.27. The van der Waals surface area contributed by atoms with Crippen molar-refractivity contribution in [3.8, 4) is 5.69 Å². The maximum atomic E-state index is 13.2. The second kappa shape index (κ2) is 10.8. The number of halogens is 1. The fourth-order valence-corrected chi connectivity index (χ4v) is 3.90. The van der Waals surface area contributed by atoms with Crippen LogP contribution < -0.4 is 16.6 Å². The predicted octanol–water partition coefficient (Wildman–Crippen LogP) is 1.47. The third kappa shape index (κ3) is 5.61. The van der Waals surface area contributed by atoms with E-state index in [9.17, 15) is 14.4 Å². The number of aryl methyl sites for hydroxylation is 1. The van der Waals surface area contributed by atoms with Crippen LogP contribution in [0.15, 0.2) is 58.1 Å². The van der Waals surface area contributed by atoms with Gasteiger partial charge in [-0.1, -0.05) is 41.4 Å². The minimum absolute atomic E-state index is 0.0174. The van der Waals surface area contributed by atoms with E-state index in [2.05, 4.69) is 15.3 Å². The molecule has 1 aromatic heterocycles. The zero-order chi connectivity index (χ0) is 24.1. The summed E-state index contributed by atoms with van der Waals surface area (Å²) in [6, 6.07) is 13.9. The van der Waals surface area contributed by atoms with Crippen LogP contribution in [-0.2, 0) is 11.3 Å². The highest BCUT2D eigenvalue weighted by molar-refractivity contribution is 6.30. The van der Waals surface area contributed by atoms with Gasteiger partial charge < -0.3 is 10.1 Å². The van der Waals surface area contributed by atoms with Crippen molar-refractivity contribution >= 4 is 17.5 Å². The van der Waals surface area contributed by atoms with Crippen molar-refractivity contribution in [2.75, 3.05) is 39.4 Å². The molecule has 0 radical (unpaired) electrons. The first-order valence-corrected chi connectivity index (χ1v) is 11.4. The van der Waals surface area contributed by atoms with E-state index in [-0.39, 0.29) is 12.2 Å². The Balaban J connectivity index is 1.67. The Bertz CT molecular complexity index is 1280. The molecule has 0 unspecified atom stereocenters. The van der Waals surface area contributed by atoms with Crippen molar-refractivity contribution in [2.24, 2.45) is 0 Å². The maximum absolute atomic E-state index is 13.2. The first-order valence-electron chi connectivity index (χ1n) is 11.1. The molecule has 0 atom stereocenters. The molecule has 4 rings (SSSR count). The number of ether oxygens (including phenoxy) is 1. The lowest BCUT2D eigenvalue weighted by molar-refractivity contribution is 0.0383. The molecule has 1 fully saturated rings. The van der Waals surface area contributed by atoms with Crippen LogP contribution in [0.1, 0.15) is 21.6 Å². The highest BCUT2D eigenvalue weighted by Crippen LogP contribution is 2.11. The summed E-state index contributed by atoms with van der Waals surface area (Å²) in [5.41, 5.74) is 0.448. The normalized spacial score (nSPS) is 14.2. The molecule has 1 aliphatic heterocycles. The summed E-state index contributed by atoms with van der Waals surface area (Å²) >= 11 is 5.98. The molecule has 178 valence electrons. The number of carbonyl (C=O) groups is 1. The van der Waals surface area contributed by atoms with Crippen molar-refractivity contribution in [1.82, 2.24) is 24.6 Å². The molecular weight excluding hydrogens is 458 g/mol. The lowest BCUT2D eigenvalue weighted by atomic mass is 10.1. The van der Waals surface area contributed by atoms with Crippen molar-refractivity contribution in [1.29, 1.82) is 0 Å². The van der Waals surface area contributed by atoms with E-state index < -0.39 is 17.2 Å². The van der Waals surface area contributed by atoms with Gasteiger partial charge in [-0.05, 0) is 36.8 Å². The quantitative estimate of drug-likeness (QED) is 0.546. The zero-order valence-electron chi connectivity index (χ0n) is 18.9. The highest BCUT2D eigenvalue weighted by Gasteiger charge is 2.21. The number of aromatic nitrogens is 3. The van der Waals surface area contributed by atoms with Gasteiger partial charge >= 0.3 is 5.69 Å². The van der Waals surface area contributed by atoms with Crippen LogP contribution in [0.2, 0.25) is 5.02 Å². The van der Waals surface area contributed by atoms with Gasteiger partial charge in [0.2, 0.25) is 5.69 Å². The van der Waals surface area contributed by atoms with Crippen LogP contribution in [0.25, 0.3) is 5.69 Å². The first kappa shape index (κ1) is 23.9. The van der Waals surface area contributed by atoms with Crippen molar-refractivity contribution in [2.45, 2.75) is 13.5 Å². The second-order valence-corrected chi connectivity index (χ2v) is 8.55. The minimum atomic E-state index is -0.736. The number of carbonyl (C=O) groups excluding carboxylic acids is 1. The molecule has 1 saturated heterocycles. The number of nitrogens with one attached hydrogen (secondary N) is 1. The summed E-state index contributed by atoms with van der Waals surface area (Å²) < 4.78 is 7.43. The zero-order valence-corrected chi connectivity index (χ0v) is 19.6. The summed E-state index contributed by atoms with van der Waals surface area (Å²) in [5.74, 6) is -0.626. The van der Waals surface area contributed by atoms with Crippen molar-refractivity contribution in [3.63, 3.8) is 0 Å². The molecule has 2 aromatic carbocycles. The fraction of sp³-hybridized carbons (Fsp3) is 0.333. The van der Waals surface area contributed by atoms with E-state index in [0.29, 0.717) is 37.0 Å². The van der Waals surface area contributed by atoms with Gasteiger partial charge in [0.05, 0.1) is 25.4 Å². The van der Waals surface area contributed by atoms with Gasteiger partial charge in [-0.2, -0.15) is 9.78 Å². The van der Waals surface area contributed by atoms with E-state index in [0.717, 1.165) is 33.5 Å². The molecular formula is C24H26ClN5O4. The number of hydrogen-bond donors (Lipinski definition) is 1. The Morgan fingerprint density at radius 2 is 1.85 bits per heavy atom. The molecule has 1 aliphatic rings.